The lowest BCUT2D eigenvalue weighted by molar-refractivity contribution is -0.255. The number of unbranched alkanes of at least 4 members (excludes halogenated alkanes) is 23. The number of ether oxygens (including phenoxy) is 2. The molecule has 1 saturated heterocycles. The Hall–Kier alpha value is -1.12. The first-order valence-corrected chi connectivity index (χ1v) is 22.3. The fourth-order valence-corrected chi connectivity index (χ4v) is 7.23. The van der Waals surface area contributed by atoms with Crippen LogP contribution in [0.2, 0.25) is 0 Å². The number of hydrogen-bond donors (Lipinski definition) is 5. The van der Waals surface area contributed by atoms with E-state index in [0.29, 0.717) is 6.42 Å². The molecule has 0 radical (unpaired) electrons. The maximum absolute atomic E-state index is 12.9. The van der Waals surface area contributed by atoms with Gasteiger partial charge in [0.2, 0.25) is 5.91 Å². The van der Waals surface area contributed by atoms with Gasteiger partial charge in [-0.05, 0) is 19.3 Å². The standard InChI is InChI=1S/C40H77NO10S/c1-3-5-7-9-11-13-15-17-19-21-23-25-27-29-35(43)34(33-49-39-31-36(51-52(46,47)48)40(45)37(32-42)50-39)41-38(44)30-28-26-24-22-20-18-16-14-12-10-8-6-4-2/h27,29,34-37,39-40,42-43,45H,3-26,28,30-33H2,1-2H3,(H,41,44)(H,46,47,48)/b29-27+/t34-,35+,36?,37?,39?,40?/m0/s1. The monoisotopic (exact) mass is 764 g/mol. The van der Waals surface area contributed by atoms with Crippen molar-refractivity contribution in [3.63, 3.8) is 0 Å². The van der Waals surface area contributed by atoms with Gasteiger partial charge in [0, 0.05) is 12.8 Å². The van der Waals surface area contributed by atoms with Crippen molar-refractivity contribution in [3.05, 3.63) is 12.2 Å². The van der Waals surface area contributed by atoms with Crippen molar-refractivity contribution in [2.45, 2.75) is 224 Å². The Morgan fingerprint density at radius 2 is 1.25 bits per heavy atom. The van der Waals surface area contributed by atoms with E-state index in [-0.39, 0.29) is 18.9 Å². The molecule has 4 unspecified atom stereocenters. The minimum Gasteiger partial charge on any atom is -0.394 e. The summed E-state index contributed by atoms with van der Waals surface area (Å²) in [5.41, 5.74) is 0. The molecule has 1 aliphatic heterocycles. The van der Waals surface area contributed by atoms with Crippen molar-refractivity contribution in [2.75, 3.05) is 13.2 Å². The molecule has 0 aromatic heterocycles. The van der Waals surface area contributed by atoms with E-state index in [4.69, 9.17) is 14.0 Å². The van der Waals surface area contributed by atoms with Crippen molar-refractivity contribution >= 4 is 16.3 Å². The third-order valence-electron chi connectivity index (χ3n) is 9.97. The van der Waals surface area contributed by atoms with Crippen molar-refractivity contribution in [1.82, 2.24) is 5.32 Å². The van der Waals surface area contributed by atoms with Gasteiger partial charge in [0.1, 0.15) is 18.3 Å². The zero-order chi connectivity index (χ0) is 38.3. The lowest BCUT2D eigenvalue weighted by Gasteiger charge is -2.38. The highest BCUT2D eigenvalue weighted by atomic mass is 32.3. The zero-order valence-corrected chi connectivity index (χ0v) is 33.6. The van der Waals surface area contributed by atoms with Crippen LogP contribution < -0.4 is 5.32 Å². The summed E-state index contributed by atoms with van der Waals surface area (Å²) in [5.74, 6) is -0.199. The molecule has 0 aromatic carbocycles. The maximum Gasteiger partial charge on any atom is 0.397 e. The van der Waals surface area contributed by atoms with E-state index in [1.807, 2.05) is 6.08 Å². The summed E-state index contributed by atoms with van der Waals surface area (Å²) >= 11 is 0. The van der Waals surface area contributed by atoms with Crippen molar-refractivity contribution in [1.29, 1.82) is 0 Å². The molecule has 52 heavy (non-hydrogen) atoms. The number of carbonyl (C=O) groups excluding carboxylic acids is 1. The second kappa shape index (κ2) is 32.2. The molecule has 1 rings (SSSR count). The molecule has 0 saturated carbocycles. The van der Waals surface area contributed by atoms with Gasteiger partial charge in [-0.25, -0.2) is 4.18 Å². The van der Waals surface area contributed by atoms with E-state index in [1.165, 1.54) is 122 Å². The first-order valence-electron chi connectivity index (χ1n) is 21.0. The molecule has 11 nitrogen and oxygen atoms in total. The van der Waals surface area contributed by atoms with Gasteiger partial charge in [-0.1, -0.05) is 167 Å². The molecule has 5 N–H and O–H groups in total. The van der Waals surface area contributed by atoms with Crippen LogP contribution in [0.3, 0.4) is 0 Å². The first kappa shape index (κ1) is 48.9. The summed E-state index contributed by atoms with van der Waals surface area (Å²) in [5, 5.41) is 33.9. The number of rotatable bonds is 35. The zero-order valence-electron chi connectivity index (χ0n) is 32.8. The molecule has 308 valence electrons. The summed E-state index contributed by atoms with van der Waals surface area (Å²) < 4.78 is 47.8. The van der Waals surface area contributed by atoms with Gasteiger partial charge in [0.05, 0.1) is 25.4 Å². The van der Waals surface area contributed by atoms with E-state index < -0.39 is 53.8 Å². The predicted molar refractivity (Wildman–Crippen MR) is 207 cm³/mol. The van der Waals surface area contributed by atoms with E-state index in [9.17, 15) is 28.5 Å². The van der Waals surface area contributed by atoms with Gasteiger partial charge in [-0.3, -0.25) is 9.35 Å². The molecule has 1 aliphatic rings. The molecule has 0 bridgehead atoms. The average molecular weight is 764 g/mol. The van der Waals surface area contributed by atoms with E-state index >= 15 is 0 Å². The number of aliphatic hydroxyl groups excluding tert-OH is 3. The lowest BCUT2D eigenvalue weighted by Crippen LogP contribution is -2.53. The van der Waals surface area contributed by atoms with Crippen molar-refractivity contribution in [2.24, 2.45) is 0 Å². The van der Waals surface area contributed by atoms with Crippen LogP contribution in [0.25, 0.3) is 0 Å². The third kappa shape index (κ3) is 26.6. The topological polar surface area (TPSA) is 172 Å². The third-order valence-corrected chi connectivity index (χ3v) is 10.5. The van der Waals surface area contributed by atoms with Crippen LogP contribution >= 0.6 is 0 Å². The second-order valence-corrected chi connectivity index (χ2v) is 15.9. The van der Waals surface area contributed by atoms with Gasteiger partial charge < -0.3 is 30.1 Å². The Bertz CT molecular complexity index is 981. The SMILES string of the molecule is CCCCCCCCCCCCC/C=C/[C@@H](O)[C@H](COC1CC(OS(=O)(=O)O)C(O)C(CO)O1)NC(=O)CCCCCCCCCCCCCCC. The Morgan fingerprint density at radius 3 is 1.71 bits per heavy atom. The number of hydrogen-bond acceptors (Lipinski definition) is 9. The highest BCUT2D eigenvalue weighted by Crippen LogP contribution is 2.25. The van der Waals surface area contributed by atoms with Crippen LogP contribution in [-0.4, -0.2) is 84.2 Å². The van der Waals surface area contributed by atoms with Gasteiger partial charge in [-0.2, -0.15) is 8.42 Å². The maximum atomic E-state index is 12.9. The second-order valence-electron chi connectivity index (χ2n) is 14.8. The summed E-state index contributed by atoms with van der Waals surface area (Å²) in [6.07, 6.45) is 27.7. The van der Waals surface area contributed by atoms with Crippen molar-refractivity contribution < 1.29 is 46.7 Å². The van der Waals surface area contributed by atoms with Crippen LogP contribution in [0.5, 0.6) is 0 Å². The Labute approximate surface area is 317 Å². The quantitative estimate of drug-likeness (QED) is 0.0241. The first-order chi connectivity index (χ1) is 25.1. The smallest absolute Gasteiger partial charge is 0.394 e. The molecular formula is C40H77NO10S. The van der Waals surface area contributed by atoms with Gasteiger partial charge in [-0.15, -0.1) is 0 Å². The Balaban J connectivity index is 2.53. The number of allylic oxidation sites excluding steroid dienone is 1. The van der Waals surface area contributed by atoms with Gasteiger partial charge >= 0.3 is 10.4 Å². The van der Waals surface area contributed by atoms with E-state index in [2.05, 4.69) is 23.3 Å². The fraction of sp³-hybridized carbons (Fsp3) is 0.925. The number of aliphatic hydroxyl groups is 3. The van der Waals surface area contributed by atoms with Crippen LogP contribution in [0.1, 0.15) is 187 Å². The predicted octanol–water partition coefficient (Wildman–Crippen LogP) is 8.24. The van der Waals surface area contributed by atoms with Crippen LogP contribution in [0.15, 0.2) is 12.2 Å². The van der Waals surface area contributed by atoms with Crippen LogP contribution in [0.4, 0.5) is 0 Å². The summed E-state index contributed by atoms with van der Waals surface area (Å²) in [6, 6.07) is -0.813. The number of nitrogens with one attached hydrogen (secondary N) is 1. The molecule has 1 amide bonds. The van der Waals surface area contributed by atoms with Crippen LogP contribution in [0, 0.1) is 0 Å². The van der Waals surface area contributed by atoms with Gasteiger partial charge in [0.15, 0.2) is 6.29 Å². The fourth-order valence-electron chi connectivity index (χ4n) is 6.73. The molecule has 6 atom stereocenters. The largest absolute Gasteiger partial charge is 0.397 e. The number of carbonyl (C=O) groups is 1. The minimum absolute atomic E-state index is 0.175. The molecule has 1 heterocycles. The molecule has 1 fully saturated rings. The minimum atomic E-state index is -4.88. The molecule has 0 aromatic rings. The van der Waals surface area contributed by atoms with E-state index in [0.717, 1.165) is 38.5 Å². The average Bonchev–Trinajstić information content (AvgIpc) is 3.11. The number of amides is 1. The summed E-state index contributed by atoms with van der Waals surface area (Å²) in [4.78, 5) is 12.9. The molecular weight excluding hydrogens is 687 g/mol. The summed E-state index contributed by atoms with van der Waals surface area (Å²) in [7, 11) is -4.88. The molecule has 0 spiro atoms. The Morgan fingerprint density at radius 1 is 0.788 bits per heavy atom. The highest BCUT2D eigenvalue weighted by molar-refractivity contribution is 7.80. The summed E-state index contributed by atoms with van der Waals surface area (Å²) in [6.45, 7) is 3.66. The normalized spacial score (nSPS) is 20.7. The van der Waals surface area contributed by atoms with E-state index in [1.54, 1.807) is 6.08 Å². The molecule has 0 aliphatic carbocycles. The van der Waals surface area contributed by atoms with Crippen LogP contribution in [-0.2, 0) is 28.9 Å². The van der Waals surface area contributed by atoms with Gasteiger partial charge in [0.25, 0.3) is 0 Å². The van der Waals surface area contributed by atoms with Crippen molar-refractivity contribution in [3.8, 4) is 0 Å². The Kier molecular flexibility index (Phi) is 30.2. The highest BCUT2D eigenvalue weighted by Gasteiger charge is 2.41. The molecule has 12 heteroatoms. The lowest BCUT2D eigenvalue weighted by atomic mass is 10.0.